The molecule has 88 valence electrons. The molecule has 4 atom stereocenters. The van der Waals surface area contributed by atoms with Crippen LogP contribution in [0.5, 0.6) is 0 Å². The molecule has 3 heteroatoms. The molecule has 15 heavy (non-hydrogen) atoms. The van der Waals surface area contributed by atoms with Gasteiger partial charge < -0.3 is 14.8 Å². The second-order valence-corrected chi connectivity index (χ2v) is 4.96. The Bertz CT molecular complexity index is 206. The lowest BCUT2D eigenvalue weighted by Crippen LogP contribution is -2.47. The number of rotatable bonds is 5. The zero-order valence-electron chi connectivity index (χ0n) is 10.0. The zero-order chi connectivity index (χ0) is 10.8. The minimum absolute atomic E-state index is 0.269. The van der Waals surface area contributed by atoms with Crippen LogP contribution < -0.4 is 5.32 Å². The van der Waals surface area contributed by atoms with Crippen LogP contribution in [-0.2, 0) is 9.47 Å². The van der Waals surface area contributed by atoms with Crippen molar-refractivity contribution in [2.45, 2.75) is 57.4 Å². The monoisotopic (exact) mass is 213 g/mol. The molecular formula is C12H23NO2. The van der Waals surface area contributed by atoms with Gasteiger partial charge in [0.2, 0.25) is 0 Å². The molecule has 2 rings (SSSR count). The van der Waals surface area contributed by atoms with E-state index in [1.165, 1.54) is 12.8 Å². The van der Waals surface area contributed by atoms with Crippen molar-refractivity contribution in [1.82, 2.24) is 5.32 Å². The normalized spacial score (nSPS) is 35.4. The minimum Gasteiger partial charge on any atom is -0.380 e. The van der Waals surface area contributed by atoms with Crippen molar-refractivity contribution in [1.29, 1.82) is 0 Å². The van der Waals surface area contributed by atoms with Crippen molar-refractivity contribution in [3.05, 3.63) is 0 Å². The Balaban J connectivity index is 1.81. The maximum Gasteiger partial charge on any atom is 0.0757 e. The molecule has 0 radical (unpaired) electrons. The molecule has 0 bridgehead atoms. The Kier molecular flexibility index (Phi) is 3.65. The van der Waals surface area contributed by atoms with Gasteiger partial charge in [-0.2, -0.15) is 0 Å². The van der Waals surface area contributed by atoms with Crippen LogP contribution in [0.15, 0.2) is 0 Å². The average Bonchev–Trinajstić information content (AvgIpc) is 2.99. The first-order valence-electron chi connectivity index (χ1n) is 6.13. The second-order valence-electron chi connectivity index (χ2n) is 4.96. The second kappa shape index (κ2) is 4.81. The van der Waals surface area contributed by atoms with Gasteiger partial charge in [0, 0.05) is 25.8 Å². The minimum atomic E-state index is 0.269. The van der Waals surface area contributed by atoms with Gasteiger partial charge in [0.15, 0.2) is 0 Å². The maximum absolute atomic E-state index is 5.80. The van der Waals surface area contributed by atoms with Crippen LogP contribution in [0, 0.1) is 5.92 Å². The van der Waals surface area contributed by atoms with Gasteiger partial charge in [-0.3, -0.25) is 0 Å². The van der Waals surface area contributed by atoms with Crippen molar-refractivity contribution in [2.24, 2.45) is 5.92 Å². The first-order chi connectivity index (χ1) is 7.22. The van der Waals surface area contributed by atoms with E-state index in [-0.39, 0.29) is 6.10 Å². The smallest absolute Gasteiger partial charge is 0.0757 e. The summed E-state index contributed by atoms with van der Waals surface area (Å²) in [6, 6.07) is 0.952. The van der Waals surface area contributed by atoms with Crippen LogP contribution in [0.3, 0.4) is 0 Å². The summed E-state index contributed by atoms with van der Waals surface area (Å²) in [5.74, 6) is 0.829. The first kappa shape index (κ1) is 11.4. The van der Waals surface area contributed by atoms with Gasteiger partial charge >= 0.3 is 0 Å². The van der Waals surface area contributed by atoms with E-state index in [0.717, 1.165) is 18.9 Å². The summed E-state index contributed by atoms with van der Waals surface area (Å²) < 4.78 is 11.1. The fourth-order valence-electron chi connectivity index (χ4n) is 2.36. The van der Waals surface area contributed by atoms with Crippen LogP contribution in [0.25, 0.3) is 0 Å². The molecule has 1 saturated carbocycles. The Morgan fingerprint density at radius 2 is 2.00 bits per heavy atom. The molecule has 1 aliphatic heterocycles. The lowest BCUT2D eigenvalue weighted by molar-refractivity contribution is 0.0588. The molecule has 0 spiro atoms. The Labute approximate surface area is 92.5 Å². The van der Waals surface area contributed by atoms with Gasteiger partial charge in [0.1, 0.15) is 0 Å². The summed E-state index contributed by atoms with van der Waals surface area (Å²) in [6.07, 6.45) is 4.61. The maximum atomic E-state index is 5.80. The molecule has 4 unspecified atom stereocenters. The number of ether oxygens (including phenoxy) is 2. The standard InChI is InChI=1S/C12H23NO2/c1-8(9(2)14-3)13-11-6-7-15-12(11)10-4-5-10/h8-13H,4-7H2,1-3H3. The average molecular weight is 213 g/mol. The molecule has 0 aromatic rings. The molecule has 1 heterocycles. The predicted octanol–water partition coefficient (Wildman–Crippen LogP) is 1.57. The summed E-state index contributed by atoms with van der Waals surface area (Å²) in [6.45, 7) is 5.23. The van der Waals surface area contributed by atoms with Gasteiger partial charge in [-0.15, -0.1) is 0 Å². The Hall–Kier alpha value is -0.120. The highest BCUT2D eigenvalue weighted by molar-refractivity contribution is 4.94. The zero-order valence-corrected chi connectivity index (χ0v) is 10.0. The molecule has 1 N–H and O–H groups in total. The van der Waals surface area contributed by atoms with Crippen molar-refractivity contribution in [3.63, 3.8) is 0 Å². The van der Waals surface area contributed by atoms with Crippen LogP contribution in [0.4, 0.5) is 0 Å². The van der Waals surface area contributed by atoms with Crippen LogP contribution in [0.1, 0.15) is 33.1 Å². The molecule has 0 aromatic carbocycles. The molecule has 1 aliphatic carbocycles. The molecule has 1 saturated heterocycles. The summed E-state index contributed by atoms with van der Waals surface area (Å²) in [7, 11) is 1.77. The third-order valence-electron chi connectivity index (χ3n) is 3.78. The van der Waals surface area contributed by atoms with E-state index in [2.05, 4.69) is 19.2 Å². The summed E-state index contributed by atoms with van der Waals surface area (Å²) in [4.78, 5) is 0. The van der Waals surface area contributed by atoms with E-state index in [1.54, 1.807) is 7.11 Å². The topological polar surface area (TPSA) is 30.5 Å². The molecular weight excluding hydrogens is 190 g/mol. The first-order valence-corrected chi connectivity index (χ1v) is 6.13. The lowest BCUT2D eigenvalue weighted by Gasteiger charge is -2.27. The Morgan fingerprint density at radius 1 is 1.27 bits per heavy atom. The van der Waals surface area contributed by atoms with E-state index < -0.39 is 0 Å². The molecule has 0 amide bonds. The van der Waals surface area contributed by atoms with Gasteiger partial charge in [0.25, 0.3) is 0 Å². The van der Waals surface area contributed by atoms with Gasteiger partial charge in [-0.25, -0.2) is 0 Å². The van der Waals surface area contributed by atoms with Crippen molar-refractivity contribution < 1.29 is 9.47 Å². The highest BCUT2D eigenvalue weighted by Gasteiger charge is 2.41. The van der Waals surface area contributed by atoms with Crippen LogP contribution in [-0.4, -0.2) is 38.0 Å². The molecule has 2 fully saturated rings. The summed E-state index contributed by atoms with van der Waals surface area (Å²) in [5.41, 5.74) is 0. The van der Waals surface area contributed by atoms with Crippen LogP contribution in [0.2, 0.25) is 0 Å². The van der Waals surface area contributed by atoms with E-state index in [1.807, 2.05) is 0 Å². The quantitative estimate of drug-likeness (QED) is 0.752. The summed E-state index contributed by atoms with van der Waals surface area (Å²) in [5, 5.41) is 3.65. The van der Waals surface area contributed by atoms with E-state index >= 15 is 0 Å². The highest BCUT2D eigenvalue weighted by atomic mass is 16.5. The molecule has 0 aromatic heterocycles. The largest absolute Gasteiger partial charge is 0.380 e. The van der Waals surface area contributed by atoms with E-state index in [0.29, 0.717) is 18.2 Å². The summed E-state index contributed by atoms with van der Waals surface area (Å²) >= 11 is 0. The molecule has 2 aliphatic rings. The molecule has 3 nitrogen and oxygen atoms in total. The third kappa shape index (κ3) is 2.71. The number of nitrogens with one attached hydrogen (secondary N) is 1. The number of hydrogen-bond acceptors (Lipinski definition) is 3. The van der Waals surface area contributed by atoms with E-state index in [4.69, 9.17) is 9.47 Å². The SMILES string of the molecule is COC(C)C(C)NC1CCOC1C1CC1. The van der Waals surface area contributed by atoms with Crippen LogP contribution >= 0.6 is 0 Å². The number of hydrogen-bond donors (Lipinski definition) is 1. The van der Waals surface area contributed by atoms with Gasteiger partial charge in [0.05, 0.1) is 12.2 Å². The van der Waals surface area contributed by atoms with Gasteiger partial charge in [-0.1, -0.05) is 0 Å². The van der Waals surface area contributed by atoms with Crippen molar-refractivity contribution in [3.8, 4) is 0 Å². The fourth-order valence-corrected chi connectivity index (χ4v) is 2.36. The van der Waals surface area contributed by atoms with Crippen molar-refractivity contribution >= 4 is 0 Å². The number of methoxy groups -OCH3 is 1. The van der Waals surface area contributed by atoms with Gasteiger partial charge in [-0.05, 0) is 39.0 Å². The Morgan fingerprint density at radius 3 is 2.60 bits per heavy atom. The fraction of sp³-hybridized carbons (Fsp3) is 1.00. The highest BCUT2D eigenvalue weighted by Crippen LogP contribution is 2.38. The third-order valence-corrected chi connectivity index (χ3v) is 3.78. The lowest BCUT2D eigenvalue weighted by atomic mass is 10.0. The van der Waals surface area contributed by atoms with E-state index in [9.17, 15) is 0 Å². The predicted molar refractivity (Wildman–Crippen MR) is 59.9 cm³/mol. The van der Waals surface area contributed by atoms with Crippen molar-refractivity contribution in [2.75, 3.05) is 13.7 Å².